The first-order valence-electron chi connectivity index (χ1n) is 7.50. The molecule has 2 fully saturated rings. The molecular formula is C16H21FN2O. The second kappa shape index (κ2) is 5.17. The van der Waals surface area contributed by atoms with Crippen LogP contribution in [-0.2, 0) is 4.79 Å². The molecule has 1 heterocycles. The van der Waals surface area contributed by atoms with Crippen LogP contribution >= 0.6 is 0 Å². The van der Waals surface area contributed by atoms with E-state index in [0.717, 1.165) is 44.2 Å². The quantitative estimate of drug-likeness (QED) is 0.839. The van der Waals surface area contributed by atoms with E-state index in [1.54, 1.807) is 12.1 Å². The van der Waals surface area contributed by atoms with E-state index < -0.39 is 0 Å². The molecule has 0 aromatic heterocycles. The summed E-state index contributed by atoms with van der Waals surface area (Å²) in [6.07, 6.45) is 5.05. The number of hydrogen-bond acceptors (Lipinski definition) is 2. The van der Waals surface area contributed by atoms with Gasteiger partial charge in [0.1, 0.15) is 17.5 Å². The highest BCUT2D eigenvalue weighted by atomic mass is 19.1. The molecule has 1 saturated heterocycles. The van der Waals surface area contributed by atoms with Crippen LogP contribution in [0, 0.1) is 5.82 Å². The molecule has 1 aromatic rings. The number of carbonyl (C=O) groups excluding carboxylic acids is 1. The maximum atomic E-state index is 13.1. The molecule has 1 spiro atoms. The molecule has 1 aliphatic heterocycles. The van der Waals surface area contributed by atoms with E-state index in [1.807, 2.05) is 4.90 Å². The monoisotopic (exact) mass is 276 g/mol. The fourth-order valence-electron chi connectivity index (χ4n) is 2.95. The Kier molecular flexibility index (Phi) is 3.50. The molecule has 1 saturated carbocycles. The molecule has 3 nitrogen and oxygen atoms in total. The van der Waals surface area contributed by atoms with Crippen molar-refractivity contribution < 1.29 is 9.18 Å². The highest BCUT2D eigenvalue weighted by Crippen LogP contribution is 2.45. The topological polar surface area (TPSA) is 32.3 Å². The molecule has 1 N–H and O–H groups in total. The first-order valence-corrected chi connectivity index (χ1v) is 7.50. The van der Waals surface area contributed by atoms with E-state index in [-0.39, 0.29) is 23.4 Å². The molecular weight excluding hydrogens is 255 g/mol. The number of rotatable bonds is 5. The van der Waals surface area contributed by atoms with Gasteiger partial charge >= 0.3 is 0 Å². The van der Waals surface area contributed by atoms with Crippen LogP contribution in [0.3, 0.4) is 0 Å². The number of benzene rings is 1. The molecule has 2 aliphatic rings. The van der Waals surface area contributed by atoms with Gasteiger partial charge in [0.05, 0.1) is 0 Å². The van der Waals surface area contributed by atoms with Crippen LogP contribution in [0.25, 0.3) is 0 Å². The largest absolute Gasteiger partial charge is 0.321 e. The zero-order valence-electron chi connectivity index (χ0n) is 11.9. The van der Waals surface area contributed by atoms with Crippen LogP contribution in [0.2, 0.25) is 0 Å². The van der Waals surface area contributed by atoms with Gasteiger partial charge in [-0.15, -0.1) is 0 Å². The molecule has 3 rings (SSSR count). The third-order valence-corrected chi connectivity index (χ3v) is 4.33. The van der Waals surface area contributed by atoms with Crippen LogP contribution < -0.4 is 5.32 Å². The highest BCUT2D eigenvalue weighted by Gasteiger charge is 2.59. The van der Waals surface area contributed by atoms with Crippen molar-refractivity contribution in [3.63, 3.8) is 0 Å². The average molecular weight is 276 g/mol. The lowest BCUT2D eigenvalue weighted by atomic mass is 10.1. The van der Waals surface area contributed by atoms with Crippen molar-refractivity contribution in [1.82, 2.24) is 10.2 Å². The molecule has 108 valence electrons. The van der Waals surface area contributed by atoms with Gasteiger partial charge in [0.2, 0.25) is 5.91 Å². The lowest BCUT2D eigenvalue weighted by Crippen LogP contribution is -2.33. The van der Waals surface area contributed by atoms with Crippen molar-refractivity contribution in [2.45, 2.75) is 50.7 Å². The van der Waals surface area contributed by atoms with E-state index in [2.05, 4.69) is 12.2 Å². The third-order valence-electron chi connectivity index (χ3n) is 4.33. The average Bonchev–Trinajstić information content (AvgIpc) is 3.18. The number of unbranched alkanes of at least 4 members (excludes halogenated alkanes) is 2. The summed E-state index contributed by atoms with van der Waals surface area (Å²) >= 11 is 0. The van der Waals surface area contributed by atoms with Gasteiger partial charge in [-0.05, 0) is 37.0 Å². The summed E-state index contributed by atoms with van der Waals surface area (Å²) in [5.41, 5.74) is 0.658. The minimum Gasteiger partial charge on any atom is -0.321 e. The van der Waals surface area contributed by atoms with Crippen LogP contribution in [0.5, 0.6) is 0 Å². The van der Waals surface area contributed by atoms with Crippen LogP contribution in [0.1, 0.15) is 50.8 Å². The van der Waals surface area contributed by atoms with Crippen molar-refractivity contribution in [2.75, 3.05) is 6.54 Å². The maximum Gasteiger partial charge on any atom is 0.244 e. The lowest BCUT2D eigenvalue weighted by molar-refractivity contribution is -0.130. The fourth-order valence-corrected chi connectivity index (χ4v) is 2.95. The number of amides is 1. The van der Waals surface area contributed by atoms with E-state index in [1.165, 1.54) is 12.1 Å². The summed E-state index contributed by atoms with van der Waals surface area (Å²) in [6, 6.07) is 6.47. The minimum atomic E-state index is -0.314. The molecule has 20 heavy (non-hydrogen) atoms. The van der Waals surface area contributed by atoms with E-state index in [0.29, 0.717) is 0 Å². The van der Waals surface area contributed by atoms with E-state index >= 15 is 0 Å². The van der Waals surface area contributed by atoms with E-state index in [9.17, 15) is 9.18 Å². The SMILES string of the molecule is CCCCCN1C(=O)C2(CC2)NC1c1ccc(F)cc1. The van der Waals surface area contributed by atoms with Crippen molar-refractivity contribution in [2.24, 2.45) is 0 Å². The Bertz CT molecular complexity index is 496. The summed E-state index contributed by atoms with van der Waals surface area (Å²) in [4.78, 5) is 14.5. The zero-order chi connectivity index (χ0) is 14.2. The molecule has 1 amide bonds. The van der Waals surface area contributed by atoms with Crippen LogP contribution in [0.15, 0.2) is 24.3 Å². The van der Waals surface area contributed by atoms with Crippen molar-refractivity contribution in [1.29, 1.82) is 0 Å². The molecule has 1 aromatic carbocycles. The smallest absolute Gasteiger partial charge is 0.244 e. The summed E-state index contributed by atoms with van der Waals surface area (Å²) in [5.74, 6) is -0.0142. The van der Waals surface area contributed by atoms with Crippen molar-refractivity contribution >= 4 is 5.91 Å². The first-order chi connectivity index (χ1) is 9.66. The van der Waals surface area contributed by atoms with Gasteiger partial charge in [0.15, 0.2) is 0 Å². The second-order valence-electron chi connectivity index (χ2n) is 5.89. The predicted molar refractivity (Wildman–Crippen MR) is 75.5 cm³/mol. The summed E-state index contributed by atoms with van der Waals surface area (Å²) in [7, 11) is 0. The van der Waals surface area contributed by atoms with Gasteiger partial charge in [-0.3, -0.25) is 10.1 Å². The zero-order valence-corrected chi connectivity index (χ0v) is 11.9. The Morgan fingerprint density at radius 2 is 2.00 bits per heavy atom. The Morgan fingerprint density at radius 3 is 2.60 bits per heavy atom. The number of hydrogen-bond donors (Lipinski definition) is 1. The Hall–Kier alpha value is -1.42. The second-order valence-corrected chi connectivity index (χ2v) is 5.89. The van der Waals surface area contributed by atoms with Crippen LogP contribution in [-0.4, -0.2) is 22.9 Å². The third kappa shape index (κ3) is 2.33. The molecule has 1 unspecified atom stereocenters. The van der Waals surface area contributed by atoms with Gasteiger partial charge in [0.25, 0.3) is 0 Å². The summed E-state index contributed by atoms with van der Waals surface area (Å²) < 4.78 is 13.1. The molecule has 0 radical (unpaired) electrons. The van der Waals surface area contributed by atoms with Gasteiger partial charge in [-0.25, -0.2) is 4.39 Å². The lowest BCUT2D eigenvalue weighted by Gasteiger charge is -2.24. The molecule has 0 bridgehead atoms. The molecule has 1 atom stereocenters. The molecule has 4 heteroatoms. The van der Waals surface area contributed by atoms with Gasteiger partial charge in [-0.2, -0.15) is 0 Å². The molecule has 1 aliphatic carbocycles. The predicted octanol–water partition coefficient (Wildman–Crippen LogP) is 2.98. The Morgan fingerprint density at radius 1 is 1.30 bits per heavy atom. The van der Waals surface area contributed by atoms with Gasteiger partial charge in [0, 0.05) is 6.54 Å². The number of halogens is 1. The summed E-state index contributed by atoms with van der Waals surface area (Å²) in [5, 5.41) is 3.46. The standard InChI is InChI=1S/C16H21FN2O/c1-2-3-4-11-19-14(12-5-7-13(17)8-6-12)18-16(9-10-16)15(19)20/h5-8,14,18H,2-4,9-11H2,1H3. The number of nitrogens with one attached hydrogen (secondary N) is 1. The highest BCUT2D eigenvalue weighted by molar-refractivity contribution is 5.92. The Labute approximate surface area is 119 Å². The van der Waals surface area contributed by atoms with Gasteiger partial charge in [-0.1, -0.05) is 31.9 Å². The van der Waals surface area contributed by atoms with Crippen LogP contribution in [0.4, 0.5) is 4.39 Å². The first kappa shape index (κ1) is 13.6. The maximum absolute atomic E-state index is 13.1. The van der Waals surface area contributed by atoms with E-state index in [4.69, 9.17) is 0 Å². The normalized spacial score (nSPS) is 23.6. The fraction of sp³-hybridized carbons (Fsp3) is 0.562. The summed E-state index contributed by atoms with van der Waals surface area (Å²) in [6.45, 7) is 2.94. The minimum absolute atomic E-state index is 0.0949. The van der Waals surface area contributed by atoms with Crippen molar-refractivity contribution in [3.05, 3.63) is 35.6 Å². The number of carbonyl (C=O) groups is 1. The van der Waals surface area contributed by atoms with Gasteiger partial charge < -0.3 is 4.90 Å². The Balaban J connectivity index is 1.79. The van der Waals surface area contributed by atoms with Crippen molar-refractivity contribution in [3.8, 4) is 0 Å². The number of nitrogens with zero attached hydrogens (tertiary/aromatic N) is 1.